The highest BCUT2D eigenvalue weighted by Crippen LogP contribution is 2.27. The molecule has 2 heterocycles. The maximum atomic E-state index is 10.4. The fourth-order valence-corrected chi connectivity index (χ4v) is 3.44. The first-order chi connectivity index (χ1) is 12.2. The van der Waals surface area contributed by atoms with Crippen molar-refractivity contribution in [3.63, 3.8) is 0 Å². The van der Waals surface area contributed by atoms with Crippen molar-refractivity contribution in [1.29, 1.82) is 0 Å². The highest BCUT2D eigenvalue weighted by molar-refractivity contribution is 5.80. The van der Waals surface area contributed by atoms with Gasteiger partial charge in [-0.3, -0.25) is 4.57 Å². The number of aromatic nitrogens is 2. The van der Waals surface area contributed by atoms with E-state index in [1.807, 2.05) is 24.3 Å². The van der Waals surface area contributed by atoms with Crippen molar-refractivity contribution in [2.45, 2.75) is 31.4 Å². The van der Waals surface area contributed by atoms with Crippen molar-refractivity contribution in [2.75, 3.05) is 12.4 Å². The Morgan fingerprint density at radius 2 is 2.24 bits per heavy atom. The number of anilines is 1. The molecule has 1 aromatic carbocycles. The van der Waals surface area contributed by atoms with Crippen LogP contribution in [-0.4, -0.2) is 40.1 Å². The maximum absolute atomic E-state index is 10.4. The number of hydrogen-bond donors (Lipinski definition) is 2. The Hall–Kier alpha value is -2.67. The largest absolute Gasteiger partial charge is 0.493 e. The van der Waals surface area contributed by atoms with Gasteiger partial charge in [0, 0.05) is 19.7 Å². The van der Waals surface area contributed by atoms with Crippen molar-refractivity contribution in [3.05, 3.63) is 40.0 Å². The van der Waals surface area contributed by atoms with Crippen LogP contribution in [0.1, 0.15) is 30.5 Å². The molecule has 0 unspecified atom stereocenters. The molecular formula is C18H21N5O2. The zero-order valence-corrected chi connectivity index (χ0v) is 14.3. The Morgan fingerprint density at radius 3 is 3.08 bits per heavy atom. The molecule has 2 aromatic rings. The normalized spacial score (nSPS) is 22.2. The molecule has 7 nitrogen and oxygen atoms in total. The lowest BCUT2D eigenvalue weighted by atomic mass is 10.2. The van der Waals surface area contributed by atoms with E-state index in [1.54, 1.807) is 24.9 Å². The van der Waals surface area contributed by atoms with Gasteiger partial charge in [-0.25, -0.2) is 4.98 Å². The van der Waals surface area contributed by atoms with Crippen LogP contribution in [0.4, 0.5) is 5.95 Å². The van der Waals surface area contributed by atoms with Crippen LogP contribution in [0.5, 0.6) is 5.88 Å². The second-order valence-electron chi connectivity index (χ2n) is 6.47. The lowest BCUT2D eigenvalue weighted by Crippen LogP contribution is -2.30. The summed E-state index contributed by atoms with van der Waals surface area (Å²) in [6, 6.07) is 6.05. The van der Waals surface area contributed by atoms with E-state index in [2.05, 4.69) is 20.5 Å². The van der Waals surface area contributed by atoms with E-state index in [9.17, 15) is 5.11 Å². The van der Waals surface area contributed by atoms with Crippen LogP contribution in [0.25, 0.3) is 6.08 Å². The summed E-state index contributed by atoms with van der Waals surface area (Å²) in [7, 11) is 3.54. The van der Waals surface area contributed by atoms with E-state index in [0.717, 1.165) is 35.4 Å². The van der Waals surface area contributed by atoms with E-state index in [4.69, 9.17) is 4.74 Å². The predicted molar refractivity (Wildman–Crippen MR) is 95.3 cm³/mol. The fraction of sp³-hybridized carbons (Fsp3) is 0.389. The number of nitrogens with zero attached hydrogens (tertiary/aromatic N) is 4. The molecule has 130 valence electrons. The van der Waals surface area contributed by atoms with Crippen LogP contribution in [-0.2, 0) is 11.8 Å². The van der Waals surface area contributed by atoms with Gasteiger partial charge in [0.2, 0.25) is 11.8 Å². The number of imidazole rings is 1. The average molecular weight is 339 g/mol. The number of rotatable bonds is 4. The second-order valence-corrected chi connectivity index (χ2v) is 6.47. The van der Waals surface area contributed by atoms with Gasteiger partial charge in [-0.1, -0.05) is 6.07 Å². The third kappa shape index (κ3) is 2.91. The second kappa shape index (κ2) is 6.33. The highest BCUT2D eigenvalue weighted by Gasteiger charge is 2.28. The van der Waals surface area contributed by atoms with Crippen LogP contribution >= 0.6 is 0 Å². The lowest BCUT2D eigenvalue weighted by molar-refractivity contribution is 0.101. The van der Waals surface area contributed by atoms with Crippen molar-refractivity contribution in [3.8, 4) is 5.88 Å². The summed E-state index contributed by atoms with van der Waals surface area (Å²) in [6.45, 7) is 0. The van der Waals surface area contributed by atoms with Gasteiger partial charge < -0.3 is 15.2 Å². The van der Waals surface area contributed by atoms with Gasteiger partial charge in [-0.05, 0) is 42.7 Å². The summed E-state index contributed by atoms with van der Waals surface area (Å²) in [5.41, 5.74) is 1.50. The number of ether oxygens (including phenoxy) is 1. The van der Waals surface area contributed by atoms with E-state index in [1.165, 1.54) is 0 Å². The van der Waals surface area contributed by atoms with Crippen LogP contribution in [0.15, 0.2) is 28.4 Å². The van der Waals surface area contributed by atoms with Crippen LogP contribution in [0.2, 0.25) is 0 Å². The number of fused-ring (bicyclic) bond motifs is 1. The summed E-state index contributed by atoms with van der Waals surface area (Å²) < 4.78 is 7.19. The predicted octanol–water partition coefficient (Wildman–Crippen LogP) is 0.901. The molecule has 0 radical (unpaired) electrons. The molecule has 0 saturated heterocycles. The van der Waals surface area contributed by atoms with Crippen LogP contribution in [0, 0.1) is 0 Å². The van der Waals surface area contributed by atoms with Gasteiger partial charge in [-0.2, -0.15) is 10.2 Å². The summed E-state index contributed by atoms with van der Waals surface area (Å²) >= 11 is 0. The number of nitrogens with one attached hydrogen (secondary N) is 1. The molecule has 0 spiro atoms. The molecule has 1 saturated carbocycles. The van der Waals surface area contributed by atoms with Gasteiger partial charge in [0.05, 0.1) is 23.7 Å². The minimum Gasteiger partial charge on any atom is -0.493 e. The molecule has 1 aliphatic carbocycles. The Balaban J connectivity index is 1.64. The molecule has 2 atom stereocenters. The minimum atomic E-state index is 0.133. The van der Waals surface area contributed by atoms with Crippen molar-refractivity contribution < 1.29 is 9.84 Å². The summed E-state index contributed by atoms with van der Waals surface area (Å²) in [5, 5.41) is 23.6. The molecule has 1 aromatic heterocycles. The van der Waals surface area contributed by atoms with Crippen molar-refractivity contribution in [2.24, 2.45) is 17.3 Å². The molecule has 1 aliphatic heterocycles. The standard InChI is InChI=1S/C18H21N5O2/c1-23-17(24)15(9-11-6-7-13-12(8-11)10-19-22-13)21-18(23)20-14-4-3-5-16(14)25-2/h6-10,14,16,24H,3-5H2,1-2H3,(H,20,21)/b11-9+/t14-,16-/m1/s1. The zero-order chi connectivity index (χ0) is 17.4. The van der Waals surface area contributed by atoms with Crippen LogP contribution in [0.3, 0.4) is 0 Å². The molecule has 4 rings (SSSR count). The number of benzene rings is 1. The minimum absolute atomic E-state index is 0.133. The summed E-state index contributed by atoms with van der Waals surface area (Å²) in [5.74, 6) is 0.781. The lowest BCUT2D eigenvalue weighted by Gasteiger charge is -2.19. The molecule has 0 amide bonds. The molecule has 7 heteroatoms. The molecule has 2 aliphatic rings. The third-order valence-electron chi connectivity index (χ3n) is 4.88. The average Bonchev–Trinajstić information content (AvgIpc) is 3.32. The van der Waals surface area contributed by atoms with Gasteiger partial charge in [0.25, 0.3) is 0 Å². The summed E-state index contributed by atoms with van der Waals surface area (Å²) in [6.07, 6.45) is 6.99. The molecule has 1 fully saturated rings. The molecule has 0 bridgehead atoms. The summed E-state index contributed by atoms with van der Waals surface area (Å²) in [4.78, 5) is 4.56. The number of aromatic hydroxyl groups is 1. The van der Waals surface area contributed by atoms with Crippen molar-refractivity contribution in [1.82, 2.24) is 9.55 Å². The molecule has 2 N–H and O–H groups in total. The van der Waals surface area contributed by atoms with Gasteiger partial charge >= 0.3 is 0 Å². The van der Waals surface area contributed by atoms with Crippen molar-refractivity contribution >= 4 is 18.2 Å². The third-order valence-corrected chi connectivity index (χ3v) is 4.88. The van der Waals surface area contributed by atoms with E-state index < -0.39 is 0 Å². The van der Waals surface area contributed by atoms with E-state index in [-0.39, 0.29) is 18.0 Å². The first-order valence-electron chi connectivity index (χ1n) is 8.43. The van der Waals surface area contributed by atoms with Gasteiger partial charge in [-0.15, -0.1) is 0 Å². The Morgan fingerprint density at radius 1 is 1.36 bits per heavy atom. The quantitative estimate of drug-likeness (QED) is 0.867. The SMILES string of the molecule is CO[C@@H]1CCC[C@H]1Nc1nc(/C=c2\ccc3c(c2)C=NN=3)c(O)n1C. The van der Waals surface area contributed by atoms with Gasteiger partial charge in [0.15, 0.2) is 0 Å². The Labute approximate surface area is 145 Å². The molecular weight excluding hydrogens is 318 g/mol. The Bertz CT molecular complexity index is 947. The number of hydrogen-bond acceptors (Lipinski definition) is 6. The first kappa shape index (κ1) is 15.8. The Kier molecular flexibility index (Phi) is 4.01. The van der Waals surface area contributed by atoms with E-state index in [0.29, 0.717) is 11.6 Å². The van der Waals surface area contributed by atoms with E-state index >= 15 is 0 Å². The van der Waals surface area contributed by atoms with Crippen LogP contribution < -0.4 is 15.9 Å². The zero-order valence-electron chi connectivity index (χ0n) is 14.3. The monoisotopic (exact) mass is 339 g/mol. The van der Waals surface area contributed by atoms with Gasteiger partial charge in [0.1, 0.15) is 5.69 Å². The maximum Gasteiger partial charge on any atom is 0.220 e. The first-order valence-corrected chi connectivity index (χ1v) is 8.43. The topological polar surface area (TPSA) is 84.0 Å². The fourth-order valence-electron chi connectivity index (χ4n) is 3.44. The molecule has 25 heavy (non-hydrogen) atoms. The highest BCUT2D eigenvalue weighted by atomic mass is 16.5. The smallest absolute Gasteiger partial charge is 0.220 e. The number of methoxy groups -OCH3 is 1.